The van der Waals surface area contributed by atoms with Crippen molar-refractivity contribution in [2.75, 3.05) is 5.32 Å². The van der Waals surface area contributed by atoms with E-state index < -0.39 is 0 Å². The number of benzene rings is 2. The van der Waals surface area contributed by atoms with Crippen molar-refractivity contribution in [3.8, 4) is 5.75 Å². The number of hydrogen-bond donors (Lipinski definition) is 1. The van der Waals surface area contributed by atoms with Gasteiger partial charge < -0.3 is 10.1 Å². The molecule has 2 heterocycles. The Morgan fingerprint density at radius 2 is 1.87 bits per heavy atom. The van der Waals surface area contributed by atoms with Crippen LogP contribution in [-0.4, -0.2) is 25.5 Å². The molecule has 7 nitrogen and oxygen atoms in total. The molecule has 0 radical (unpaired) electrons. The molecule has 1 amide bonds. The highest BCUT2D eigenvalue weighted by atomic mass is 16.5. The number of amides is 1. The van der Waals surface area contributed by atoms with E-state index in [2.05, 4.69) is 40.6 Å². The second-order valence-corrected chi connectivity index (χ2v) is 7.65. The third kappa shape index (κ3) is 5.19. The molecule has 7 heteroatoms. The van der Waals surface area contributed by atoms with Crippen molar-refractivity contribution in [2.24, 2.45) is 0 Å². The first-order chi connectivity index (χ1) is 15.0. The number of nitrogens with one attached hydrogen (secondary N) is 1. The summed E-state index contributed by atoms with van der Waals surface area (Å²) >= 11 is 0. The van der Waals surface area contributed by atoms with E-state index in [9.17, 15) is 4.79 Å². The maximum absolute atomic E-state index is 12.5. The number of rotatable bonds is 7. The first-order valence-corrected chi connectivity index (χ1v) is 10.1. The Balaban J connectivity index is 1.35. The quantitative estimate of drug-likeness (QED) is 0.487. The fourth-order valence-corrected chi connectivity index (χ4v) is 3.26. The summed E-state index contributed by atoms with van der Waals surface area (Å²) in [5.41, 5.74) is 5.48. The number of carbonyl (C=O) groups excluding carboxylic acids is 1. The molecule has 0 spiro atoms. The van der Waals surface area contributed by atoms with E-state index in [1.165, 1.54) is 5.56 Å². The maximum Gasteiger partial charge on any atom is 0.276 e. The molecule has 4 aromatic rings. The molecule has 0 bridgehead atoms. The molecule has 0 atom stereocenters. The van der Waals surface area contributed by atoms with Crippen LogP contribution in [0.2, 0.25) is 0 Å². The number of aryl methyl sites for hydroxylation is 3. The minimum absolute atomic E-state index is 0.228. The standard InChI is InChI=1S/C24H25N5O2/c1-17-5-4-6-20(11-17)14-29-15-21(13-25-29)26-24(30)22-9-10-28(27-22)16-31-23-12-18(2)7-8-19(23)3/h4-13,15H,14,16H2,1-3H3,(H,26,30). The monoisotopic (exact) mass is 415 g/mol. The van der Waals surface area contributed by atoms with Crippen LogP contribution in [0.1, 0.15) is 32.7 Å². The molecule has 0 unspecified atom stereocenters. The van der Waals surface area contributed by atoms with Crippen LogP contribution in [0.5, 0.6) is 5.75 Å². The molecule has 0 fully saturated rings. The van der Waals surface area contributed by atoms with Crippen molar-refractivity contribution >= 4 is 11.6 Å². The lowest BCUT2D eigenvalue weighted by Crippen LogP contribution is -2.14. The van der Waals surface area contributed by atoms with E-state index in [0.29, 0.717) is 17.9 Å². The van der Waals surface area contributed by atoms with Crippen molar-refractivity contribution in [1.82, 2.24) is 19.6 Å². The fourth-order valence-electron chi connectivity index (χ4n) is 3.26. The van der Waals surface area contributed by atoms with Crippen molar-refractivity contribution in [3.63, 3.8) is 0 Å². The van der Waals surface area contributed by atoms with Crippen molar-refractivity contribution < 1.29 is 9.53 Å². The van der Waals surface area contributed by atoms with Gasteiger partial charge in [-0.15, -0.1) is 0 Å². The van der Waals surface area contributed by atoms with Crippen molar-refractivity contribution in [2.45, 2.75) is 34.0 Å². The van der Waals surface area contributed by atoms with Gasteiger partial charge in [0.2, 0.25) is 0 Å². The van der Waals surface area contributed by atoms with Crippen LogP contribution >= 0.6 is 0 Å². The van der Waals surface area contributed by atoms with Crippen LogP contribution in [0.15, 0.2) is 67.1 Å². The van der Waals surface area contributed by atoms with Gasteiger partial charge in [0.25, 0.3) is 5.91 Å². The molecule has 0 aliphatic carbocycles. The maximum atomic E-state index is 12.5. The summed E-state index contributed by atoms with van der Waals surface area (Å²) < 4.78 is 9.23. The minimum Gasteiger partial charge on any atom is -0.471 e. The molecular weight excluding hydrogens is 390 g/mol. The minimum atomic E-state index is -0.291. The predicted molar refractivity (Wildman–Crippen MR) is 119 cm³/mol. The van der Waals surface area contributed by atoms with Crippen molar-refractivity contribution in [1.29, 1.82) is 0 Å². The molecule has 2 aromatic carbocycles. The zero-order valence-corrected chi connectivity index (χ0v) is 17.9. The van der Waals surface area contributed by atoms with Gasteiger partial charge >= 0.3 is 0 Å². The molecule has 0 saturated heterocycles. The van der Waals surface area contributed by atoms with Gasteiger partial charge in [-0.25, -0.2) is 4.68 Å². The predicted octanol–water partition coefficient (Wildman–Crippen LogP) is 4.34. The molecular formula is C24H25N5O2. The van der Waals surface area contributed by atoms with E-state index in [1.54, 1.807) is 34.0 Å². The van der Waals surface area contributed by atoms with Gasteiger partial charge in [0.15, 0.2) is 12.4 Å². The van der Waals surface area contributed by atoms with Gasteiger partial charge in [-0.3, -0.25) is 9.48 Å². The van der Waals surface area contributed by atoms with E-state index in [-0.39, 0.29) is 12.6 Å². The van der Waals surface area contributed by atoms with Gasteiger partial charge in [0.05, 0.1) is 18.4 Å². The van der Waals surface area contributed by atoms with Crippen LogP contribution in [-0.2, 0) is 13.3 Å². The van der Waals surface area contributed by atoms with Gasteiger partial charge in [-0.05, 0) is 49.6 Å². The smallest absolute Gasteiger partial charge is 0.276 e. The second-order valence-electron chi connectivity index (χ2n) is 7.65. The van der Waals surface area contributed by atoms with Crippen LogP contribution < -0.4 is 10.1 Å². The van der Waals surface area contributed by atoms with E-state index in [0.717, 1.165) is 22.4 Å². The molecule has 0 aliphatic rings. The van der Waals surface area contributed by atoms with E-state index >= 15 is 0 Å². The zero-order valence-electron chi connectivity index (χ0n) is 17.9. The lowest BCUT2D eigenvalue weighted by atomic mass is 10.1. The highest BCUT2D eigenvalue weighted by molar-refractivity contribution is 6.02. The Morgan fingerprint density at radius 3 is 2.71 bits per heavy atom. The Bertz CT molecular complexity index is 1210. The van der Waals surface area contributed by atoms with Crippen LogP contribution in [0.4, 0.5) is 5.69 Å². The summed E-state index contributed by atoms with van der Waals surface area (Å²) in [4.78, 5) is 12.5. The van der Waals surface area contributed by atoms with E-state index in [4.69, 9.17) is 4.74 Å². The Hall–Kier alpha value is -3.87. The van der Waals surface area contributed by atoms with Gasteiger partial charge in [-0.2, -0.15) is 10.2 Å². The third-order valence-electron chi connectivity index (χ3n) is 4.89. The highest BCUT2D eigenvalue weighted by Crippen LogP contribution is 2.19. The Kier molecular flexibility index (Phi) is 5.84. The number of ether oxygens (including phenoxy) is 1. The summed E-state index contributed by atoms with van der Waals surface area (Å²) in [6.07, 6.45) is 5.16. The Morgan fingerprint density at radius 1 is 1.03 bits per heavy atom. The van der Waals surface area contributed by atoms with Crippen LogP contribution in [0.3, 0.4) is 0 Å². The molecule has 31 heavy (non-hydrogen) atoms. The molecule has 2 aromatic heterocycles. The summed E-state index contributed by atoms with van der Waals surface area (Å²) in [5.74, 6) is 0.517. The number of nitrogens with zero attached hydrogens (tertiary/aromatic N) is 4. The van der Waals surface area contributed by atoms with E-state index in [1.807, 2.05) is 38.1 Å². The van der Waals surface area contributed by atoms with Crippen molar-refractivity contribution in [3.05, 3.63) is 95.1 Å². The lowest BCUT2D eigenvalue weighted by Gasteiger charge is -2.09. The molecule has 4 rings (SSSR count). The van der Waals surface area contributed by atoms with Gasteiger partial charge in [0, 0.05) is 12.4 Å². The zero-order chi connectivity index (χ0) is 21.8. The second kappa shape index (κ2) is 8.87. The lowest BCUT2D eigenvalue weighted by molar-refractivity contribution is 0.102. The SMILES string of the molecule is Cc1cccc(Cn2cc(NC(=O)c3ccn(COc4cc(C)ccc4C)n3)cn2)c1. The average Bonchev–Trinajstić information content (AvgIpc) is 3.38. The highest BCUT2D eigenvalue weighted by Gasteiger charge is 2.12. The first kappa shape index (κ1) is 20.4. The Labute approximate surface area is 181 Å². The number of hydrogen-bond acceptors (Lipinski definition) is 4. The molecule has 0 saturated carbocycles. The summed E-state index contributed by atoms with van der Waals surface area (Å²) in [5, 5.41) is 11.5. The number of aromatic nitrogens is 4. The molecule has 1 N–H and O–H groups in total. The first-order valence-electron chi connectivity index (χ1n) is 10.1. The molecule has 158 valence electrons. The third-order valence-corrected chi connectivity index (χ3v) is 4.89. The fraction of sp³-hybridized carbons (Fsp3) is 0.208. The average molecular weight is 415 g/mol. The normalized spacial score (nSPS) is 10.8. The molecule has 0 aliphatic heterocycles. The summed E-state index contributed by atoms with van der Waals surface area (Å²) in [7, 11) is 0. The number of anilines is 1. The summed E-state index contributed by atoms with van der Waals surface area (Å²) in [6.45, 7) is 6.94. The van der Waals surface area contributed by atoms with Gasteiger partial charge in [0.1, 0.15) is 5.75 Å². The van der Waals surface area contributed by atoms with Gasteiger partial charge in [-0.1, -0.05) is 42.0 Å². The topological polar surface area (TPSA) is 74.0 Å². The van der Waals surface area contributed by atoms with Crippen LogP contribution in [0.25, 0.3) is 0 Å². The largest absolute Gasteiger partial charge is 0.471 e. The number of carbonyl (C=O) groups is 1. The van der Waals surface area contributed by atoms with Crippen LogP contribution in [0, 0.1) is 20.8 Å². The summed E-state index contributed by atoms with van der Waals surface area (Å²) in [6, 6.07) is 16.0.